The fraction of sp³-hybridized carbons (Fsp3) is 0.800. The summed E-state index contributed by atoms with van der Waals surface area (Å²) in [6.45, 7) is 5.07. The summed E-state index contributed by atoms with van der Waals surface area (Å²) in [5.74, 6) is -6.50. The van der Waals surface area contributed by atoms with Crippen LogP contribution in [0.3, 0.4) is 0 Å². The average Bonchev–Trinajstić information content (AvgIpc) is 3.10. The zero-order valence-corrected chi connectivity index (χ0v) is 34.1. The lowest BCUT2D eigenvalue weighted by molar-refractivity contribution is -0.205. The molecule has 0 saturated carbocycles. The van der Waals surface area contributed by atoms with Gasteiger partial charge in [-0.05, 0) is 25.7 Å². The van der Waals surface area contributed by atoms with Crippen molar-refractivity contribution in [3.63, 3.8) is 0 Å². The van der Waals surface area contributed by atoms with Crippen LogP contribution in [0, 0.1) is 0 Å². The molecule has 0 radical (unpaired) electrons. The van der Waals surface area contributed by atoms with Gasteiger partial charge in [0.15, 0.2) is 18.3 Å². The Bertz CT molecular complexity index is 1260. The van der Waals surface area contributed by atoms with E-state index in [1.165, 1.54) is 4.90 Å². The van der Waals surface area contributed by atoms with Crippen LogP contribution in [0.25, 0.3) is 0 Å². The molecule has 56 heavy (non-hydrogen) atoms. The second-order valence-corrected chi connectivity index (χ2v) is 14.4. The Labute approximate surface area is 331 Å². The van der Waals surface area contributed by atoms with Gasteiger partial charge in [-0.1, -0.05) is 89.9 Å². The van der Waals surface area contributed by atoms with Crippen molar-refractivity contribution in [2.45, 2.75) is 187 Å². The molecule has 2 N–H and O–H groups in total. The van der Waals surface area contributed by atoms with Gasteiger partial charge in [-0.15, -0.1) is 0 Å². The number of ether oxygens (including phenoxy) is 5. The van der Waals surface area contributed by atoms with E-state index in [0.29, 0.717) is 32.2 Å². The van der Waals surface area contributed by atoms with Crippen LogP contribution in [0.5, 0.6) is 0 Å². The maximum atomic E-state index is 14.8. The first-order valence-electron chi connectivity index (χ1n) is 20.3. The molecule has 1 unspecified atom stereocenters. The van der Waals surface area contributed by atoms with Crippen molar-refractivity contribution in [2.75, 3.05) is 19.7 Å². The summed E-state index contributed by atoms with van der Waals surface area (Å²) in [6.07, 6.45) is 8.36. The van der Waals surface area contributed by atoms with E-state index in [1.54, 1.807) is 0 Å². The SMILES string of the molecule is CC(=O)OC[C@@H](OC(C)=O)[C@@H](OC(C)=O)[C@H](OC(C)=O)[C@@H](OC(C)=O)C(=O)N1CCCCCCCCCCC1C(=O)NCCCCCCCCCCCC(=O)O. The predicted octanol–water partition coefficient (Wildman–Crippen LogP) is 5.10. The van der Waals surface area contributed by atoms with Crippen molar-refractivity contribution in [1.29, 1.82) is 0 Å². The molecule has 0 aromatic carbocycles. The van der Waals surface area contributed by atoms with Gasteiger partial charge in [0, 0.05) is 54.1 Å². The summed E-state index contributed by atoms with van der Waals surface area (Å²) < 4.78 is 27.0. The lowest BCUT2D eigenvalue weighted by Crippen LogP contribution is -2.60. The van der Waals surface area contributed by atoms with E-state index in [9.17, 15) is 38.4 Å². The number of unbranched alkanes of at least 4 members (excludes halogenated alkanes) is 8. The van der Waals surface area contributed by atoms with Gasteiger partial charge in [0.2, 0.25) is 12.0 Å². The number of carboxylic acids is 1. The molecule has 16 heteroatoms. The van der Waals surface area contributed by atoms with Crippen LogP contribution in [0.15, 0.2) is 0 Å². The highest BCUT2D eigenvalue weighted by molar-refractivity contribution is 5.91. The molecule has 5 atom stereocenters. The standard InChI is InChI=1S/C40H66N2O14/c1-28(43)52-27-34(53-29(2)44)36(54-30(3)45)37(55-31(4)46)38(56-32(5)47)40(51)42-26-22-18-14-10-8-11-15-19-23-33(42)39(50)41-25-21-17-13-9-6-7-12-16-20-24-35(48)49/h33-34,36-38H,6-27H2,1-5H3,(H,41,50)(H,48,49)/t33?,34-,36-,37+,38-/m1/s1. The third-order valence-electron chi connectivity index (χ3n) is 9.35. The largest absolute Gasteiger partial charge is 0.481 e. The van der Waals surface area contributed by atoms with Gasteiger partial charge in [-0.2, -0.15) is 0 Å². The lowest BCUT2D eigenvalue weighted by Gasteiger charge is -2.38. The predicted molar refractivity (Wildman–Crippen MR) is 203 cm³/mol. The van der Waals surface area contributed by atoms with Crippen molar-refractivity contribution < 1.29 is 67.1 Å². The number of carbonyl (C=O) groups is 8. The van der Waals surface area contributed by atoms with Crippen LogP contribution in [0.1, 0.15) is 157 Å². The minimum atomic E-state index is -1.96. The molecular weight excluding hydrogens is 732 g/mol. The number of esters is 5. The first-order chi connectivity index (χ1) is 26.6. The quantitative estimate of drug-likeness (QED) is 0.0781. The van der Waals surface area contributed by atoms with Crippen LogP contribution in [-0.2, 0) is 62.0 Å². The van der Waals surface area contributed by atoms with Crippen molar-refractivity contribution in [1.82, 2.24) is 10.2 Å². The minimum absolute atomic E-state index is 0.108. The molecule has 0 aromatic rings. The molecule has 1 aliphatic heterocycles. The van der Waals surface area contributed by atoms with E-state index in [2.05, 4.69) is 5.32 Å². The molecule has 1 aliphatic rings. The minimum Gasteiger partial charge on any atom is -0.481 e. The molecular formula is C40H66N2O14. The van der Waals surface area contributed by atoms with Gasteiger partial charge >= 0.3 is 35.8 Å². The number of carbonyl (C=O) groups excluding carboxylic acids is 7. The average molecular weight is 799 g/mol. The van der Waals surface area contributed by atoms with Gasteiger partial charge in [0.05, 0.1) is 0 Å². The number of nitrogens with zero attached hydrogens (tertiary/aromatic N) is 1. The topological polar surface area (TPSA) is 218 Å². The van der Waals surface area contributed by atoms with Crippen LogP contribution < -0.4 is 5.32 Å². The normalized spacial score (nSPS) is 17.3. The second kappa shape index (κ2) is 29.1. The Balaban J connectivity index is 3.38. The van der Waals surface area contributed by atoms with Gasteiger partial charge in [-0.25, -0.2) is 0 Å². The summed E-state index contributed by atoms with van der Waals surface area (Å²) in [5.41, 5.74) is 0. The number of carboxylic acid groups (broad SMARTS) is 1. The Hall–Kier alpha value is -4.24. The second-order valence-electron chi connectivity index (χ2n) is 14.4. The third-order valence-corrected chi connectivity index (χ3v) is 9.35. The first kappa shape index (κ1) is 49.8. The molecule has 0 spiro atoms. The highest BCUT2D eigenvalue weighted by Gasteiger charge is 2.49. The Morgan fingerprint density at radius 1 is 0.589 bits per heavy atom. The van der Waals surface area contributed by atoms with E-state index in [-0.39, 0.29) is 18.9 Å². The molecule has 1 saturated heterocycles. The number of amides is 2. The number of hydrogen-bond donors (Lipinski definition) is 2. The van der Waals surface area contributed by atoms with Gasteiger partial charge in [-0.3, -0.25) is 38.4 Å². The fourth-order valence-corrected chi connectivity index (χ4v) is 6.74. The molecule has 16 nitrogen and oxygen atoms in total. The zero-order valence-electron chi connectivity index (χ0n) is 34.1. The summed E-state index contributed by atoms with van der Waals surface area (Å²) in [5, 5.41) is 11.8. The summed E-state index contributed by atoms with van der Waals surface area (Å²) in [6, 6.07) is -0.975. The molecule has 0 aliphatic carbocycles. The van der Waals surface area contributed by atoms with E-state index >= 15 is 0 Å². The first-order valence-corrected chi connectivity index (χ1v) is 20.3. The van der Waals surface area contributed by atoms with Gasteiger partial charge in [0.25, 0.3) is 5.91 Å². The molecule has 0 bridgehead atoms. The summed E-state index contributed by atoms with van der Waals surface area (Å²) in [7, 11) is 0. The number of hydrogen-bond acceptors (Lipinski definition) is 13. The lowest BCUT2D eigenvalue weighted by atomic mass is 9.97. The van der Waals surface area contributed by atoms with Crippen molar-refractivity contribution in [2.24, 2.45) is 0 Å². The summed E-state index contributed by atoms with van der Waals surface area (Å²) >= 11 is 0. The van der Waals surface area contributed by atoms with Crippen molar-refractivity contribution >= 4 is 47.6 Å². The van der Waals surface area contributed by atoms with E-state index in [4.69, 9.17) is 28.8 Å². The van der Waals surface area contributed by atoms with E-state index < -0.39 is 78.8 Å². The van der Waals surface area contributed by atoms with Gasteiger partial charge in [0.1, 0.15) is 12.6 Å². The third kappa shape index (κ3) is 22.3. The molecule has 0 aromatic heterocycles. The Morgan fingerprint density at radius 3 is 1.59 bits per heavy atom. The van der Waals surface area contributed by atoms with Crippen molar-refractivity contribution in [3.05, 3.63) is 0 Å². The molecule has 1 fully saturated rings. The highest BCUT2D eigenvalue weighted by Crippen LogP contribution is 2.25. The monoisotopic (exact) mass is 798 g/mol. The number of rotatable bonds is 23. The number of nitrogens with one attached hydrogen (secondary N) is 1. The smallest absolute Gasteiger partial charge is 0.303 e. The van der Waals surface area contributed by atoms with Gasteiger partial charge < -0.3 is 39.0 Å². The number of aliphatic carboxylic acids is 1. The van der Waals surface area contributed by atoms with E-state index in [1.807, 2.05) is 0 Å². The molecule has 2 amide bonds. The molecule has 320 valence electrons. The summed E-state index contributed by atoms with van der Waals surface area (Å²) in [4.78, 5) is 102. The highest BCUT2D eigenvalue weighted by atomic mass is 16.6. The van der Waals surface area contributed by atoms with Crippen LogP contribution >= 0.6 is 0 Å². The van der Waals surface area contributed by atoms with Crippen LogP contribution in [-0.4, -0.2) is 108 Å². The maximum Gasteiger partial charge on any atom is 0.303 e. The van der Waals surface area contributed by atoms with E-state index in [0.717, 1.165) is 125 Å². The zero-order chi connectivity index (χ0) is 41.9. The fourth-order valence-electron chi connectivity index (χ4n) is 6.74. The van der Waals surface area contributed by atoms with Crippen LogP contribution in [0.2, 0.25) is 0 Å². The molecule has 1 rings (SSSR count). The Morgan fingerprint density at radius 2 is 1.07 bits per heavy atom. The van der Waals surface area contributed by atoms with Crippen molar-refractivity contribution in [3.8, 4) is 0 Å². The Kier molecular flexibility index (Phi) is 25.8. The molecule has 1 heterocycles. The van der Waals surface area contributed by atoms with Crippen LogP contribution in [0.4, 0.5) is 0 Å². The maximum absolute atomic E-state index is 14.8.